The molecule has 0 aliphatic carbocycles. The quantitative estimate of drug-likeness (QED) is 0.0369. The van der Waals surface area contributed by atoms with Crippen molar-refractivity contribution in [1.82, 2.24) is 0 Å². The molecule has 1 aliphatic rings. The largest absolute Gasteiger partial charge is 0.489 e. The fourth-order valence-corrected chi connectivity index (χ4v) is 17.1. The first-order chi connectivity index (χ1) is 71.7. The second-order valence-corrected chi connectivity index (χ2v) is 36.4. The Morgan fingerprint density at radius 3 is 0.456 bits per heavy atom. The van der Waals surface area contributed by atoms with Crippen molar-refractivity contribution in [3.8, 4) is 69.0 Å². The lowest BCUT2D eigenvalue weighted by Crippen LogP contribution is -2.55. The standard InChI is InChI=1S/C131H118O16/c1-11-91-19-35-99(36-20-91)79-138-119-67-107(68-120(75-119)139-80-100-37-21-92(12-2)22-38-100)87-134-115-59-51-111(52-60-115)130(132,112-53-61-116(62-54-112)135-88-108-69-121(140-81-101-39-23-93(13-3)24-40-101)76-122(70-108)141-82-102-41-25-94(14-4)26-42-102)127-128(147-129(9,10)146-127)131(133,113-55-63-117(64-56-113)136-89-109-71-123(142-83-103-43-27-95(15-5)28-44-103)77-124(72-109)143-84-104-45-29-96(16-6)30-46-104)114-57-65-118(66-58-114)137-90-110-73-125(144-85-105-47-31-97(17-7)32-48-105)78-126(74-110)145-86-106-49-33-98(18-8)34-50-106/h11-78,127-128,132-133H,1-8,79-90H2,9-10H3/t127-,128-/m1/s1. The Hall–Kier alpha value is -17.1. The van der Waals surface area contributed by atoms with Gasteiger partial charge in [0.05, 0.1) is 0 Å². The van der Waals surface area contributed by atoms with Crippen LogP contribution in [0, 0.1) is 0 Å². The van der Waals surface area contributed by atoms with Crippen LogP contribution in [0.1, 0.15) is 147 Å². The van der Waals surface area contributed by atoms with Crippen LogP contribution in [-0.4, -0.2) is 28.2 Å². The van der Waals surface area contributed by atoms with Gasteiger partial charge in [-0.1, -0.05) is 344 Å². The van der Waals surface area contributed by atoms with E-state index in [-0.39, 0.29) is 26.4 Å². The van der Waals surface area contributed by atoms with E-state index in [1.807, 2.05) is 267 Å². The highest BCUT2D eigenvalue weighted by molar-refractivity contribution is 5.57. The van der Waals surface area contributed by atoms with Gasteiger partial charge in [0.25, 0.3) is 0 Å². The number of benzene rings is 16. The summed E-state index contributed by atoms with van der Waals surface area (Å²) in [4.78, 5) is 0. The van der Waals surface area contributed by atoms with E-state index >= 15 is 0 Å². The summed E-state index contributed by atoms with van der Waals surface area (Å²) >= 11 is 0. The van der Waals surface area contributed by atoms with Crippen LogP contribution in [0.5, 0.6) is 69.0 Å². The van der Waals surface area contributed by atoms with E-state index < -0.39 is 29.2 Å². The van der Waals surface area contributed by atoms with Gasteiger partial charge in [-0.25, -0.2) is 0 Å². The Kier molecular flexibility index (Phi) is 33.3. The Balaban J connectivity index is 0.718. The van der Waals surface area contributed by atoms with E-state index in [9.17, 15) is 10.2 Å². The van der Waals surface area contributed by atoms with Gasteiger partial charge in [0.1, 0.15) is 172 Å². The third kappa shape index (κ3) is 27.1. The highest BCUT2D eigenvalue weighted by Gasteiger charge is 2.61. The minimum Gasteiger partial charge on any atom is -0.489 e. The first-order valence-electron chi connectivity index (χ1n) is 48.8. The molecule has 17 rings (SSSR count). The summed E-state index contributed by atoms with van der Waals surface area (Å²) in [5, 5.41) is 29.8. The molecule has 0 radical (unpaired) electrons. The van der Waals surface area contributed by atoms with Crippen LogP contribution in [0.25, 0.3) is 48.6 Å². The van der Waals surface area contributed by atoms with Gasteiger partial charge in [-0.05, 0) is 244 Å². The third-order valence-electron chi connectivity index (χ3n) is 25.4. The summed E-state index contributed by atoms with van der Waals surface area (Å²) in [6, 6.07) is 116. The van der Waals surface area contributed by atoms with E-state index in [1.165, 1.54) is 0 Å². The fraction of sp³-hybridized carbons (Fsp3) is 0.145. The van der Waals surface area contributed by atoms with Crippen molar-refractivity contribution in [1.29, 1.82) is 0 Å². The zero-order valence-electron chi connectivity index (χ0n) is 82.7. The highest BCUT2D eigenvalue weighted by Crippen LogP contribution is 2.52. The first kappa shape index (κ1) is 101. The molecule has 0 bridgehead atoms. The van der Waals surface area contributed by atoms with Gasteiger partial charge >= 0.3 is 0 Å². The molecule has 147 heavy (non-hydrogen) atoms. The summed E-state index contributed by atoms with van der Waals surface area (Å²) in [5.41, 5.74) is 15.9. The van der Waals surface area contributed by atoms with Crippen molar-refractivity contribution < 1.29 is 76.5 Å². The van der Waals surface area contributed by atoms with E-state index in [4.69, 9.17) is 66.3 Å². The van der Waals surface area contributed by atoms with E-state index in [0.29, 0.717) is 144 Å². The van der Waals surface area contributed by atoms with Crippen molar-refractivity contribution in [2.45, 2.75) is 122 Å². The number of aliphatic hydroxyl groups is 2. The average molecular weight is 1950 g/mol. The zero-order valence-corrected chi connectivity index (χ0v) is 82.7. The molecule has 0 spiro atoms. The topological polar surface area (TPSA) is 170 Å². The number of rotatable bonds is 50. The maximum atomic E-state index is 14.9. The minimum absolute atomic E-state index is 0.0915. The molecule has 2 atom stereocenters. The second-order valence-electron chi connectivity index (χ2n) is 36.4. The molecule has 0 amide bonds. The van der Waals surface area contributed by atoms with Crippen molar-refractivity contribution in [3.63, 3.8) is 0 Å². The van der Waals surface area contributed by atoms with Crippen LogP contribution in [0.2, 0.25) is 0 Å². The van der Waals surface area contributed by atoms with Crippen LogP contribution in [0.3, 0.4) is 0 Å². The predicted octanol–water partition coefficient (Wildman–Crippen LogP) is 29.5. The molecule has 738 valence electrons. The van der Waals surface area contributed by atoms with E-state index in [0.717, 1.165) is 111 Å². The Morgan fingerprint density at radius 2 is 0.320 bits per heavy atom. The zero-order chi connectivity index (χ0) is 102. The Labute approximate surface area is 861 Å². The smallest absolute Gasteiger partial charge is 0.164 e. The number of hydrogen-bond donors (Lipinski definition) is 2. The summed E-state index contributed by atoms with van der Waals surface area (Å²) in [6.07, 6.45) is 11.6. The molecule has 16 aromatic carbocycles. The third-order valence-corrected chi connectivity index (χ3v) is 25.4. The van der Waals surface area contributed by atoms with Gasteiger partial charge in [0.15, 0.2) is 5.79 Å². The molecule has 1 saturated heterocycles. The van der Waals surface area contributed by atoms with Gasteiger partial charge < -0.3 is 76.5 Å². The molecule has 0 aromatic heterocycles. The molecule has 16 heteroatoms. The lowest BCUT2D eigenvalue weighted by molar-refractivity contribution is -0.172. The summed E-state index contributed by atoms with van der Waals surface area (Å²) in [6.45, 7) is 37.7. The molecule has 2 N–H and O–H groups in total. The fourth-order valence-electron chi connectivity index (χ4n) is 17.1. The maximum Gasteiger partial charge on any atom is 0.164 e. The van der Waals surface area contributed by atoms with Gasteiger partial charge in [-0.2, -0.15) is 0 Å². The van der Waals surface area contributed by atoms with Gasteiger partial charge in [-0.3, -0.25) is 0 Å². The van der Waals surface area contributed by atoms with Crippen molar-refractivity contribution in [2.75, 3.05) is 0 Å². The Morgan fingerprint density at radius 1 is 0.190 bits per heavy atom. The van der Waals surface area contributed by atoms with Crippen LogP contribution in [0.4, 0.5) is 0 Å². The van der Waals surface area contributed by atoms with Crippen molar-refractivity contribution >= 4 is 48.6 Å². The number of ether oxygens (including phenoxy) is 14. The SMILES string of the molecule is C=Cc1ccc(COc2cc(COc3ccc(C(O)(c4ccc(OCc5cc(OCc6ccc(C=C)cc6)cc(OCc6ccc(C=C)cc6)c5)cc4)[C@@H]4OC(C)(C)O[C@H]4C(O)(c4ccc(OCc5cc(OCc6ccc(C=C)cc6)cc(OCc6ccc(C=C)cc6)c5)cc4)c4ccc(OCc5cc(OCc6ccc(C=C)cc6)cc(OCc6ccc(C=C)cc6)c5)cc4)cc3)cc(OCc3ccc(C=C)cc3)c2)cc1. The second kappa shape index (κ2) is 48.3. The lowest BCUT2D eigenvalue weighted by atomic mass is 9.72. The summed E-state index contributed by atoms with van der Waals surface area (Å²) in [5.74, 6) is 5.00. The summed E-state index contributed by atoms with van der Waals surface area (Å²) < 4.78 is 93.4. The monoisotopic (exact) mass is 1950 g/mol. The molecular weight excluding hydrogens is 1830 g/mol. The van der Waals surface area contributed by atoms with Gasteiger partial charge in [0, 0.05) is 24.3 Å². The highest BCUT2D eigenvalue weighted by atomic mass is 16.8. The van der Waals surface area contributed by atoms with Crippen LogP contribution in [0.15, 0.2) is 417 Å². The Bertz CT molecular complexity index is 6040. The molecule has 16 nitrogen and oxygen atoms in total. The summed E-state index contributed by atoms with van der Waals surface area (Å²) in [7, 11) is 0. The predicted molar refractivity (Wildman–Crippen MR) is 586 cm³/mol. The molecule has 0 saturated carbocycles. The lowest BCUT2D eigenvalue weighted by Gasteiger charge is -2.42. The van der Waals surface area contributed by atoms with E-state index in [2.05, 4.69) is 52.6 Å². The maximum absolute atomic E-state index is 14.9. The van der Waals surface area contributed by atoms with Crippen molar-refractivity contribution in [3.05, 3.63) is 550 Å². The molecule has 16 aromatic rings. The van der Waals surface area contributed by atoms with Crippen LogP contribution in [-0.2, 0) is 100.0 Å². The van der Waals surface area contributed by atoms with Crippen molar-refractivity contribution in [2.24, 2.45) is 0 Å². The van der Waals surface area contributed by atoms with Gasteiger partial charge in [0.2, 0.25) is 0 Å². The van der Waals surface area contributed by atoms with Gasteiger partial charge in [-0.15, -0.1) is 0 Å². The molecule has 1 fully saturated rings. The molecule has 1 heterocycles. The molecule has 0 unspecified atom stereocenters. The number of hydrogen-bond acceptors (Lipinski definition) is 16. The average Bonchev–Trinajstić information content (AvgIpc) is 1.59. The molecular formula is C131H118O16. The van der Waals surface area contributed by atoms with E-state index in [1.54, 1.807) is 160 Å². The van der Waals surface area contributed by atoms with Crippen LogP contribution < -0.4 is 56.8 Å². The van der Waals surface area contributed by atoms with Crippen LogP contribution >= 0.6 is 0 Å². The minimum atomic E-state index is -2.19. The first-order valence-corrected chi connectivity index (χ1v) is 48.8. The normalized spacial score (nSPS) is 13.0. The molecule has 1 aliphatic heterocycles.